The minimum absolute atomic E-state index is 0.135. The highest BCUT2D eigenvalue weighted by Gasteiger charge is 2.19. The van der Waals surface area contributed by atoms with E-state index in [1.54, 1.807) is 4.68 Å². The molecule has 0 aliphatic carbocycles. The number of halogens is 3. The van der Waals surface area contributed by atoms with Gasteiger partial charge in [-0.1, -0.05) is 41.4 Å². The second kappa shape index (κ2) is 6.17. The Morgan fingerprint density at radius 2 is 1.95 bits per heavy atom. The monoisotopic (exact) mass is 316 g/mol. The Morgan fingerprint density at radius 1 is 1.26 bits per heavy atom. The molecule has 0 saturated heterocycles. The second-order valence-corrected chi connectivity index (χ2v) is 5.63. The first-order chi connectivity index (χ1) is 9.04. The summed E-state index contributed by atoms with van der Waals surface area (Å²) in [5.74, 6) is 0.629. The summed E-state index contributed by atoms with van der Waals surface area (Å²) >= 11 is 18.6. The number of aromatic nitrogens is 2. The molecule has 19 heavy (non-hydrogen) atoms. The number of nitrogens with zero attached hydrogens (tertiary/aromatic N) is 2. The molecule has 1 aromatic carbocycles. The number of hydrogen-bond acceptors (Lipinski definition) is 1. The second-order valence-electron chi connectivity index (χ2n) is 4.56. The van der Waals surface area contributed by atoms with Gasteiger partial charge in [-0.25, -0.2) is 0 Å². The van der Waals surface area contributed by atoms with Crippen LogP contribution in [0.25, 0.3) is 0 Å². The molecule has 0 spiro atoms. The van der Waals surface area contributed by atoms with E-state index < -0.39 is 0 Å². The molecule has 2 rings (SSSR count). The van der Waals surface area contributed by atoms with Crippen molar-refractivity contribution in [3.63, 3.8) is 0 Å². The van der Waals surface area contributed by atoms with Crippen LogP contribution in [0.3, 0.4) is 0 Å². The lowest BCUT2D eigenvalue weighted by molar-refractivity contribution is 0.753. The van der Waals surface area contributed by atoms with Crippen molar-refractivity contribution < 1.29 is 0 Å². The van der Waals surface area contributed by atoms with E-state index in [9.17, 15) is 0 Å². The fourth-order valence-corrected chi connectivity index (χ4v) is 3.02. The Kier molecular flexibility index (Phi) is 4.77. The van der Waals surface area contributed by atoms with Crippen LogP contribution in [-0.2, 0) is 13.5 Å². The number of aryl methyl sites for hydroxylation is 2. The summed E-state index contributed by atoms with van der Waals surface area (Å²) in [5, 5.41) is 5.73. The normalized spacial score (nSPS) is 12.7. The lowest BCUT2D eigenvalue weighted by Gasteiger charge is -2.15. The number of alkyl halides is 1. The number of benzene rings is 1. The van der Waals surface area contributed by atoms with Gasteiger partial charge in [0, 0.05) is 29.4 Å². The first-order valence-corrected chi connectivity index (χ1v) is 7.32. The molecule has 1 atom stereocenters. The average molecular weight is 318 g/mol. The SMILES string of the molecule is Cc1nn(C)c(Cl)c1CC(CCl)c1ccccc1Cl. The molecule has 0 amide bonds. The Hall–Kier alpha value is -0.700. The largest absolute Gasteiger partial charge is 0.257 e. The van der Waals surface area contributed by atoms with Crippen LogP contribution in [0.5, 0.6) is 0 Å². The maximum absolute atomic E-state index is 6.27. The predicted molar refractivity (Wildman–Crippen MR) is 81.6 cm³/mol. The molecule has 1 aromatic heterocycles. The third-order valence-corrected chi connectivity index (χ3v) is 4.44. The van der Waals surface area contributed by atoms with Gasteiger partial charge in [-0.2, -0.15) is 5.10 Å². The summed E-state index contributed by atoms with van der Waals surface area (Å²) in [5.41, 5.74) is 3.03. The summed E-state index contributed by atoms with van der Waals surface area (Å²) in [4.78, 5) is 0. The average Bonchev–Trinajstić information content (AvgIpc) is 2.63. The summed E-state index contributed by atoms with van der Waals surface area (Å²) in [7, 11) is 1.84. The molecule has 5 heteroatoms. The Morgan fingerprint density at radius 3 is 2.47 bits per heavy atom. The van der Waals surface area contributed by atoms with Crippen molar-refractivity contribution in [2.24, 2.45) is 7.05 Å². The summed E-state index contributed by atoms with van der Waals surface area (Å²) in [6.45, 7) is 1.96. The maximum atomic E-state index is 6.27. The lowest BCUT2D eigenvalue weighted by atomic mass is 9.94. The molecule has 0 N–H and O–H groups in total. The van der Waals surface area contributed by atoms with Crippen molar-refractivity contribution in [2.45, 2.75) is 19.3 Å². The van der Waals surface area contributed by atoms with Gasteiger partial charge in [0.1, 0.15) is 5.15 Å². The maximum Gasteiger partial charge on any atom is 0.130 e. The minimum atomic E-state index is 0.135. The number of hydrogen-bond donors (Lipinski definition) is 0. The van der Waals surface area contributed by atoms with Gasteiger partial charge in [-0.3, -0.25) is 4.68 Å². The molecular formula is C14H15Cl3N2. The first-order valence-electron chi connectivity index (χ1n) is 6.03. The van der Waals surface area contributed by atoms with E-state index in [-0.39, 0.29) is 5.92 Å². The van der Waals surface area contributed by atoms with Crippen LogP contribution in [0.4, 0.5) is 0 Å². The molecule has 2 aromatic rings. The van der Waals surface area contributed by atoms with Crippen LogP contribution in [0.2, 0.25) is 10.2 Å². The van der Waals surface area contributed by atoms with Crippen LogP contribution >= 0.6 is 34.8 Å². The summed E-state index contributed by atoms with van der Waals surface area (Å²) in [6.07, 6.45) is 0.742. The van der Waals surface area contributed by atoms with Crippen LogP contribution < -0.4 is 0 Å². The van der Waals surface area contributed by atoms with Gasteiger partial charge in [-0.15, -0.1) is 11.6 Å². The Labute approximate surface area is 128 Å². The van der Waals surface area contributed by atoms with E-state index in [1.165, 1.54) is 0 Å². The van der Waals surface area contributed by atoms with Gasteiger partial charge >= 0.3 is 0 Å². The lowest BCUT2D eigenvalue weighted by Crippen LogP contribution is -2.06. The molecule has 1 unspecified atom stereocenters. The van der Waals surface area contributed by atoms with Crippen LogP contribution in [0.1, 0.15) is 22.7 Å². The molecule has 2 nitrogen and oxygen atoms in total. The predicted octanol–water partition coefficient (Wildman–Crippen LogP) is 4.60. The van der Waals surface area contributed by atoms with Gasteiger partial charge in [0.2, 0.25) is 0 Å². The molecule has 102 valence electrons. The number of rotatable bonds is 4. The highest BCUT2D eigenvalue weighted by Crippen LogP contribution is 2.31. The molecule has 0 fully saturated rings. The summed E-state index contributed by atoms with van der Waals surface area (Å²) < 4.78 is 1.68. The van der Waals surface area contributed by atoms with Gasteiger partial charge in [-0.05, 0) is 25.0 Å². The quantitative estimate of drug-likeness (QED) is 0.754. The third kappa shape index (κ3) is 3.07. The van der Waals surface area contributed by atoms with E-state index in [1.807, 2.05) is 38.2 Å². The first kappa shape index (κ1) is 14.7. The van der Waals surface area contributed by atoms with E-state index in [0.29, 0.717) is 11.0 Å². The molecule has 0 bridgehead atoms. The fourth-order valence-electron chi connectivity index (χ4n) is 2.21. The fraction of sp³-hybridized carbons (Fsp3) is 0.357. The zero-order chi connectivity index (χ0) is 14.0. The standard InChI is InChI=1S/C14H15Cl3N2/c1-9-12(14(17)19(2)18-9)7-10(8-15)11-5-3-4-6-13(11)16/h3-6,10H,7-8H2,1-2H3. The van der Waals surface area contributed by atoms with E-state index in [2.05, 4.69) is 5.10 Å². The van der Waals surface area contributed by atoms with E-state index in [4.69, 9.17) is 34.8 Å². The molecular weight excluding hydrogens is 303 g/mol. The third-order valence-electron chi connectivity index (χ3n) is 3.25. The van der Waals surface area contributed by atoms with E-state index in [0.717, 1.165) is 28.3 Å². The van der Waals surface area contributed by atoms with E-state index >= 15 is 0 Å². The van der Waals surface area contributed by atoms with Gasteiger partial charge in [0.15, 0.2) is 0 Å². The van der Waals surface area contributed by atoms with Crippen LogP contribution in [-0.4, -0.2) is 15.7 Å². The van der Waals surface area contributed by atoms with Gasteiger partial charge in [0.05, 0.1) is 5.69 Å². The smallest absolute Gasteiger partial charge is 0.130 e. The Bertz CT molecular complexity index is 578. The van der Waals surface area contributed by atoms with Crippen molar-refractivity contribution in [3.05, 3.63) is 51.3 Å². The Balaban J connectivity index is 2.32. The molecule has 0 radical (unpaired) electrons. The van der Waals surface area contributed by atoms with Crippen molar-refractivity contribution in [2.75, 3.05) is 5.88 Å². The summed E-state index contributed by atoms with van der Waals surface area (Å²) in [6, 6.07) is 7.78. The molecule has 0 aliphatic heterocycles. The van der Waals surface area contributed by atoms with Crippen molar-refractivity contribution in [1.82, 2.24) is 9.78 Å². The van der Waals surface area contributed by atoms with Crippen LogP contribution in [0, 0.1) is 6.92 Å². The molecule has 1 heterocycles. The van der Waals surface area contributed by atoms with Crippen molar-refractivity contribution in [3.8, 4) is 0 Å². The van der Waals surface area contributed by atoms with Crippen molar-refractivity contribution in [1.29, 1.82) is 0 Å². The van der Waals surface area contributed by atoms with Gasteiger partial charge in [0.25, 0.3) is 0 Å². The molecule has 0 saturated carbocycles. The minimum Gasteiger partial charge on any atom is -0.257 e. The highest BCUT2D eigenvalue weighted by atomic mass is 35.5. The zero-order valence-corrected chi connectivity index (χ0v) is 13.1. The topological polar surface area (TPSA) is 17.8 Å². The van der Waals surface area contributed by atoms with Crippen molar-refractivity contribution >= 4 is 34.8 Å². The molecule has 0 aliphatic rings. The van der Waals surface area contributed by atoms with Crippen LogP contribution in [0.15, 0.2) is 24.3 Å². The highest BCUT2D eigenvalue weighted by molar-refractivity contribution is 6.31. The van der Waals surface area contributed by atoms with Gasteiger partial charge < -0.3 is 0 Å². The zero-order valence-electron chi connectivity index (χ0n) is 10.8.